The van der Waals surface area contributed by atoms with Crippen LogP contribution in [0.25, 0.3) is 0 Å². The Bertz CT molecular complexity index is 413. The lowest BCUT2D eigenvalue weighted by Crippen LogP contribution is -2.34. The molecule has 0 aromatic heterocycles. The van der Waals surface area contributed by atoms with E-state index in [0.717, 1.165) is 6.42 Å². The van der Waals surface area contributed by atoms with Crippen molar-refractivity contribution in [2.24, 2.45) is 23.7 Å². The van der Waals surface area contributed by atoms with E-state index in [-0.39, 0.29) is 23.7 Å². The zero-order valence-electron chi connectivity index (χ0n) is 8.91. The van der Waals surface area contributed by atoms with E-state index in [1.54, 1.807) is 0 Å². The van der Waals surface area contributed by atoms with Crippen LogP contribution in [0.2, 0.25) is 0 Å². The van der Waals surface area contributed by atoms with Gasteiger partial charge in [0.15, 0.2) is 6.61 Å². The minimum atomic E-state index is -1.20. The molecule has 3 rings (SSSR count). The first-order valence-corrected chi connectivity index (χ1v) is 5.50. The number of nitrogens with zero attached hydrogens (tertiary/aromatic N) is 1. The highest BCUT2D eigenvalue weighted by Crippen LogP contribution is 2.52. The molecule has 0 aromatic carbocycles. The van der Waals surface area contributed by atoms with Crippen LogP contribution in [0.1, 0.15) is 6.42 Å². The van der Waals surface area contributed by atoms with E-state index in [9.17, 15) is 14.4 Å². The van der Waals surface area contributed by atoms with Crippen molar-refractivity contribution >= 4 is 17.8 Å². The normalized spacial score (nSPS) is 38.0. The molecule has 0 unspecified atom stereocenters. The number of amides is 2. The number of hydrogen-bond acceptors (Lipinski definition) is 4. The molecule has 1 saturated carbocycles. The number of aliphatic carboxylic acids is 1. The maximum atomic E-state index is 12.0. The fraction of sp³-hybridized carbons (Fsp3) is 0.545. The Morgan fingerprint density at radius 1 is 1.29 bits per heavy atom. The van der Waals surface area contributed by atoms with Crippen molar-refractivity contribution in [1.82, 2.24) is 5.06 Å². The number of carboxylic acids is 1. The summed E-state index contributed by atoms with van der Waals surface area (Å²) in [4.78, 5) is 39.0. The molecule has 90 valence electrons. The minimum Gasteiger partial charge on any atom is -0.479 e. The van der Waals surface area contributed by atoms with Gasteiger partial charge in [0, 0.05) is 0 Å². The molecule has 2 aliphatic carbocycles. The van der Waals surface area contributed by atoms with Crippen LogP contribution < -0.4 is 0 Å². The largest absolute Gasteiger partial charge is 0.479 e. The summed E-state index contributed by atoms with van der Waals surface area (Å²) < 4.78 is 0. The maximum absolute atomic E-state index is 12.0. The van der Waals surface area contributed by atoms with Gasteiger partial charge < -0.3 is 5.11 Å². The van der Waals surface area contributed by atoms with E-state index in [2.05, 4.69) is 0 Å². The first-order chi connectivity index (χ1) is 8.09. The summed E-state index contributed by atoms with van der Waals surface area (Å²) in [6.07, 6.45) is 4.79. The molecule has 2 amide bonds. The monoisotopic (exact) mass is 237 g/mol. The number of fused-ring (bicyclic) bond motifs is 5. The van der Waals surface area contributed by atoms with Crippen LogP contribution in [-0.2, 0) is 19.2 Å². The van der Waals surface area contributed by atoms with Crippen molar-refractivity contribution < 1.29 is 24.3 Å². The highest BCUT2D eigenvalue weighted by Gasteiger charge is 2.60. The van der Waals surface area contributed by atoms with E-state index in [4.69, 9.17) is 9.94 Å². The first-order valence-electron chi connectivity index (χ1n) is 5.50. The molecular weight excluding hydrogens is 226 g/mol. The molecule has 0 aromatic rings. The Morgan fingerprint density at radius 3 is 2.29 bits per heavy atom. The molecule has 3 aliphatic rings. The second-order valence-electron chi connectivity index (χ2n) is 4.64. The number of allylic oxidation sites excluding steroid dienone is 2. The lowest BCUT2D eigenvalue weighted by atomic mass is 9.85. The van der Waals surface area contributed by atoms with Crippen molar-refractivity contribution in [3.8, 4) is 0 Å². The van der Waals surface area contributed by atoms with Gasteiger partial charge in [0.2, 0.25) is 0 Å². The van der Waals surface area contributed by atoms with Gasteiger partial charge in [0.1, 0.15) is 0 Å². The molecule has 1 N–H and O–H groups in total. The van der Waals surface area contributed by atoms with Gasteiger partial charge in [0.05, 0.1) is 11.8 Å². The third-order valence-electron chi connectivity index (χ3n) is 3.75. The number of hydroxylamine groups is 2. The van der Waals surface area contributed by atoms with Crippen molar-refractivity contribution in [2.75, 3.05) is 6.61 Å². The molecular formula is C11H11NO5. The van der Waals surface area contributed by atoms with Crippen LogP contribution >= 0.6 is 0 Å². The van der Waals surface area contributed by atoms with Gasteiger partial charge in [-0.25, -0.2) is 4.79 Å². The van der Waals surface area contributed by atoms with Crippen LogP contribution in [0, 0.1) is 23.7 Å². The first kappa shape index (κ1) is 10.5. The van der Waals surface area contributed by atoms with Crippen LogP contribution in [-0.4, -0.2) is 34.6 Å². The quantitative estimate of drug-likeness (QED) is 0.543. The Morgan fingerprint density at radius 2 is 1.82 bits per heavy atom. The zero-order valence-corrected chi connectivity index (χ0v) is 8.91. The van der Waals surface area contributed by atoms with Crippen molar-refractivity contribution in [2.45, 2.75) is 6.42 Å². The Labute approximate surface area is 96.8 Å². The summed E-state index contributed by atoms with van der Waals surface area (Å²) in [5.41, 5.74) is 0. The van der Waals surface area contributed by atoms with Gasteiger partial charge in [-0.15, -0.1) is 0 Å². The molecule has 6 nitrogen and oxygen atoms in total. The molecule has 17 heavy (non-hydrogen) atoms. The number of carbonyl (C=O) groups is 3. The Hall–Kier alpha value is -1.69. The van der Waals surface area contributed by atoms with Crippen molar-refractivity contribution in [3.05, 3.63) is 12.2 Å². The van der Waals surface area contributed by atoms with Crippen molar-refractivity contribution in [3.63, 3.8) is 0 Å². The fourth-order valence-electron chi connectivity index (χ4n) is 3.12. The number of imide groups is 1. The zero-order chi connectivity index (χ0) is 12.2. The van der Waals surface area contributed by atoms with Crippen molar-refractivity contribution in [1.29, 1.82) is 0 Å². The van der Waals surface area contributed by atoms with E-state index >= 15 is 0 Å². The average molecular weight is 237 g/mol. The summed E-state index contributed by atoms with van der Waals surface area (Å²) in [5.74, 6) is -2.45. The SMILES string of the molecule is O=C(O)CON1C(=O)[C@H]2[C@H](C1=O)[C@@H]1C=C[C@@H]2C1. The van der Waals surface area contributed by atoms with E-state index in [1.807, 2.05) is 12.2 Å². The number of rotatable bonds is 3. The summed E-state index contributed by atoms with van der Waals surface area (Å²) in [6.45, 7) is -0.667. The summed E-state index contributed by atoms with van der Waals surface area (Å²) in [6, 6.07) is 0. The van der Waals surface area contributed by atoms with Gasteiger partial charge >= 0.3 is 5.97 Å². The molecule has 0 radical (unpaired) electrons. The smallest absolute Gasteiger partial charge is 0.332 e. The molecule has 1 heterocycles. The van der Waals surface area contributed by atoms with Gasteiger partial charge in [-0.3, -0.25) is 14.4 Å². The molecule has 1 saturated heterocycles. The van der Waals surface area contributed by atoms with Gasteiger partial charge in [-0.05, 0) is 18.3 Å². The lowest BCUT2D eigenvalue weighted by molar-refractivity contribution is -0.194. The predicted molar refractivity (Wildman–Crippen MR) is 53.2 cm³/mol. The highest BCUT2D eigenvalue weighted by molar-refractivity contribution is 6.05. The molecule has 0 spiro atoms. The second-order valence-corrected chi connectivity index (χ2v) is 4.64. The molecule has 6 heteroatoms. The third kappa shape index (κ3) is 1.33. The summed E-state index contributed by atoms with van der Waals surface area (Å²) in [7, 11) is 0. The standard InChI is InChI=1S/C11H11NO5/c13-7(14)4-17-12-10(15)8-5-1-2-6(3-5)9(8)11(12)16/h1-2,5-6,8-9H,3-4H2,(H,13,14)/t5-,6-,8-,9-/m1/s1. The predicted octanol–water partition coefficient (Wildman–Crippen LogP) is -0.190. The van der Waals surface area contributed by atoms with Crippen LogP contribution in [0.5, 0.6) is 0 Å². The molecule has 1 aliphatic heterocycles. The lowest BCUT2D eigenvalue weighted by Gasteiger charge is -2.14. The maximum Gasteiger partial charge on any atom is 0.332 e. The third-order valence-corrected chi connectivity index (χ3v) is 3.75. The Balaban J connectivity index is 1.80. The van der Waals surface area contributed by atoms with Gasteiger partial charge in [-0.2, -0.15) is 5.06 Å². The molecule has 2 bridgehead atoms. The van der Waals surface area contributed by atoms with E-state index in [0.29, 0.717) is 5.06 Å². The number of hydrogen-bond donors (Lipinski definition) is 1. The number of carboxylic acid groups (broad SMARTS) is 1. The highest BCUT2D eigenvalue weighted by atomic mass is 16.7. The average Bonchev–Trinajstić information content (AvgIpc) is 2.92. The fourth-order valence-corrected chi connectivity index (χ4v) is 3.12. The van der Waals surface area contributed by atoms with Gasteiger partial charge in [-0.1, -0.05) is 12.2 Å². The summed E-state index contributed by atoms with van der Waals surface area (Å²) in [5, 5.41) is 9.13. The van der Waals surface area contributed by atoms with Crippen LogP contribution in [0.15, 0.2) is 12.2 Å². The van der Waals surface area contributed by atoms with Crippen LogP contribution in [0.4, 0.5) is 0 Å². The summed E-state index contributed by atoms with van der Waals surface area (Å²) >= 11 is 0. The second kappa shape index (κ2) is 3.40. The molecule has 2 fully saturated rings. The topological polar surface area (TPSA) is 83.9 Å². The van der Waals surface area contributed by atoms with E-state index in [1.165, 1.54) is 0 Å². The number of carbonyl (C=O) groups excluding carboxylic acids is 2. The van der Waals surface area contributed by atoms with E-state index < -0.39 is 24.4 Å². The van der Waals surface area contributed by atoms with Gasteiger partial charge in [0.25, 0.3) is 11.8 Å². The molecule has 4 atom stereocenters. The Kier molecular flexibility index (Phi) is 2.09. The van der Waals surface area contributed by atoms with Crippen LogP contribution in [0.3, 0.4) is 0 Å². The minimum absolute atomic E-state index is 0.111.